The van der Waals surface area contributed by atoms with Crippen LogP contribution < -0.4 is 10.6 Å². The van der Waals surface area contributed by atoms with Gasteiger partial charge in [-0.05, 0) is 40.9 Å². The molecule has 0 atom stereocenters. The Morgan fingerprint density at radius 2 is 2.11 bits per heavy atom. The number of nitrogen functional groups attached to an aromatic ring is 1. The molecule has 1 aliphatic rings. The minimum absolute atomic E-state index is 0.103. The first-order valence-electron chi connectivity index (χ1n) is 6.04. The van der Waals surface area contributed by atoms with E-state index >= 15 is 0 Å². The van der Waals surface area contributed by atoms with E-state index in [0.29, 0.717) is 6.10 Å². The number of methoxy groups -OCH3 is 1. The minimum Gasteiger partial charge on any atom is -0.384 e. The van der Waals surface area contributed by atoms with Gasteiger partial charge in [0.25, 0.3) is 0 Å². The van der Waals surface area contributed by atoms with Gasteiger partial charge in [0.1, 0.15) is 5.84 Å². The molecular formula is C13H18BrN3O. The van der Waals surface area contributed by atoms with Crippen LogP contribution in [0.3, 0.4) is 0 Å². The lowest BCUT2D eigenvalue weighted by Crippen LogP contribution is -2.37. The molecule has 1 aromatic carbocycles. The lowest BCUT2D eigenvalue weighted by atomic mass is 10.0. The molecule has 1 aromatic rings. The summed E-state index contributed by atoms with van der Waals surface area (Å²) in [4.78, 5) is 2.27. The fraction of sp³-hybridized carbons (Fsp3) is 0.462. The Morgan fingerprint density at radius 3 is 2.67 bits per heavy atom. The molecule has 0 unspecified atom stereocenters. The third-order valence-corrected chi connectivity index (χ3v) is 4.04. The molecule has 0 aromatic heterocycles. The van der Waals surface area contributed by atoms with Crippen molar-refractivity contribution in [1.82, 2.24) is 0 Å². The molecule has 0 radical (unpaired) electrons. The Morgan fingerprint density at radius 1 is 1.44 bits per heavy atom. The maximum Gasteiger partial charge on any atom is 0.126 e. The van der Waals surface area contributed by atoms with Gasteiger partial charge in [-0.3, -0.25) is 5.41 Å². The monoisotopic (exact) mass is 311 g/mol. The molecule has 3 N–H and O–H groups in total. The number of hydrogen-bond donors (Lipinski definition) is 2. The highest BCUT2D eigenvalue weighted by molar-refractivity contribution is 9.10. The predicted molar refractivity (Wildman–Crippen MR) is 77.4 cm³/mol. The van der Waals surface area contributed by atoms with Crippen molar-refractivity contribution in [3.05, 3.63) is 28.2 Å². The van der Waals surface area contributed by atoms with E-state index < -0.39 is 0 Å². The zero-order valence-electron chi connectivity index (χ0n) is 10.4. The first-order valence-corrected chi connectivity index (χ1v) is 6.83. The van der Waals surface area contributed by atoms with Crippen LogP contribution in [0.1, 0.15) is 18.4 Å². The highest BCUT2D eigenvalue weighted by Gasteiger charge is 2.22. The SMILES string of the molecule is COC1CCN(c2cccc(Br)c2C(=N)N)CC1. The van der Waals surface area contributed by atoms with Crippen molar-refractivity contribution < 1.29 is 4.74 Å². The molecule has 0 bridgehead atoms. The molecule has 0 spiro atoms. The number of nitrogens with one attached hydrogen (secondary N) is 1. The van der Waals surface area contributed by atoms with Crippen molar-refractivity contribution >= 4 is 27.5 Å². The number of nitrogens with two attached hydrogens (primary N) is 1. The molecule has 5 heteroatoms. The topological polar surface area (TPSA) is 62.3 Å². The van der Waals surface area contributed by atoms with Crippen LogP contribution in [0.4, 0.5) is 5.69 Å². The summed E-state index contributed by atoms with van der Waals surface area (Å²) < 4.78 is 6.25. The predicted octanol–water partition coefficient (Wildman–Crippen LogP) is 2.35. The summed E-state index contributed by atoms with van der Waals surface area (Å²) in [5.41, 5.74) is 7.50. The number of piperidine rings is 1. The Balaban J connectivity index is 2.24. The molecule has 1 fully saturated rings. The van der Waals surface area contributed by atoms with Gasteiger partial charge in [-0.15, -0.1) is 0 Å². The number of anilines is 1. The summed E-state index contributed by atoms with van der Waals surface area (Å²) in [6, 6.07) is 5.92. The average Bonchev–Trinajstić information content (AvgIpc) is 2.38. The average molecular weight is 312 g/mol. The van der Waals surface area contributed by atoms with E-state index in [-0.39, 0.29) is 5.84 Å². The number of ether oxygens (including phenoxy) is 1. The maximum absolute atomic E-state index is 7.71. The molecule has 1 heterocycles. The number of benzene rings is 1. The first kappa shape index (κ1) is 13.4. The van der Waals surface area contributed by atoms with Gasteiger partial charge in [0.2, 0.25) is 0 Å². The molecule has 0 amide bonds. The van der Waals surface area contributed by atoms with Crippen molar-refractivity contribution in [3.8, 4) is 0 Å². The Bertz CT molecular complexity index is 442. The molecule has 2 rings (SSSR count). The number of hydrogen-bond acceptors (Lipinski definition) is 3. The van der Waals surface area contributed by atoms with Gasteiger partial charge in [0.05, 0.1) is 11.7 Å². The number of nitrogens with zero attached hydrogens (tertiary/aromatic N) is 1. The van der Waals surface area contributed by atoms with E-state index in [0.717, 1.165) is 41.7 Å². The second-order valence-corrected chi connectivity index (χ2v) is 5.32. The Kier molecular flexibility index (Phi) is 4.24. The molecular weight excluding hydrogens is 294 g/mol. The van der Waals surface area contributed by atoms with Crippen molar-refractivity contribution in [2.45, 2.75) is 18.9 Å². The molecule has 98 valence electrons. The van der Waals surface area contributed by atoms with Gasteiger partial charge in [0.15, 0.2) is 0 Å². The number of amidine groups is 1. The van der Waals surface area contributed by atoms with E-state index in [9.17, 15) is 0 Å². The Hall–Kier alpha value is -1.07. The van der Waals surface area contributed by atoms with E-state index in [1.165, 1.54) is 0 Å². The lowest BCUT2D eigenvalue weighted by Gasteiger charge is -2.34. The van der Waals surface area contributed by atoms with Crippen LogP contribution in [-0.4, -0.2) is 32.1 Å². The summed E-state index contributed by atoms with van der Waals surface area (Å²) >= 11 is 3.47. The molecule has 1 aliphatic heterocycles. The van der Waals surface area contributed by atoms with Crippen molar-refractivity contribution in [3.63, 3.8) is 0 Å². The smallest absolute Gasteiger partial charge is 0.126 e. The lowest BCUT2D eigenvalue weighted by molar-refractivity contribution is 0.0819. The normalized spacial score (nSPS) is 16.9. The second kappa shape index (κ2) is 5.71. The van der Waals surface area contributed by atoms with Crippen LogP contribution in [0.25, 0.3) is 0 Å². The number of rotatable bonds is 3. The molecule has 0 saturated carbocycles. The quantitative estimate of drug-likeness (QED) is 0.665. The van der Waals surface area contributed by atoms with Crippen LogP contribution >= 0.6 is 15.9 Å². The zero-order valence-corrected chi connectivity index (χ0v) is 12.0. The highest BCUT2D eigenvalue weighted by Crippen LogP contribution is 2.29. The van der Waals surface area contributed by atoms with Gasteiger partial charge in [0, 0.05) is 30.4 Å². The van der Waals surface area contributed by atoms with Crippen molar-refractivity contribution in [2.24, 2.45) is 5.73 Å². The van der Waals surface area contributed by atoms with Crippen molar-refractivity contribution in [2.75, 3.05) is 25.1 Å². The third-order valence-electron chi connectivity index (χ3n) is 3.38. The van der Waals surface area contributed by atoms with Crippen LogP contribution in [0, 0.1) is 5.41 Å². The molecule has 0 aliphatic carbocycles. The molecule has 18 heavy (non-hydrogen) atoms. The molecule has 1 saturated heterocycles. The summed E-state index contributed by atoms with van der Waals surface area (Å²) in [5.74, 6) is 0.103. The van der Waals surface area contributed by atoms with Crippen LogP contribution in [0.5, 0.6) is 0 Å². The summed E-state index contributed by atoms with van der Waals surface area (Å²) in [6.45, 7) is 1.88. The fourth-order valence-corrected chi connectivity index (χ4v) is 2.94. The van der Waals surface area contributed by atoms with Gasteiger partial charge in [-0.2, -0.15) is 0 Å². The van der Waals surface area contributed by atoms with E-state index in [2.05, 4.69) is 20.8 Å². The van der Waals surface area contributed by atoms with Crippen LogP contribution in [0.15, 0.2) is 22.7 Å². The van der Waals surface area contributed by atoms with Gasteiger partial charge in [-0.25, -0.2) is 0 Å². The largest absolute Gasteiger partial charge is 0.384 e. The standard InChI is InChI=1S/C13H18BrN3O/c1-18-9-5-7-17(8-6-9)11-4-2-3-10(14)12(11)13(15)16/h2-4,9H,5-8H2,1H3,(H3,15,16). The fourth-order valence-electron chi connectivity index (χ4n) is 2.38. The van der Waals surface area contributed by atoms with E-state index in [4.69, 9.17) is 15.9 Å². The van der Waals surface area contributed by atoms with E-state index in [1.54, 1.807) is 7.11 Å². The molecule has 4 nitrogen and oxygen atoms in total. The van der Waals surface area contributed by atoms with E-state index in [1.807, 2.05) is 18.2 Å². The van der Waals surface area contributed by atoms with Gasteiger partial charge >= 0.3 is 0 Å². The van der Waals surface area contributed by atoms with Crippen LogP contribution in [-0.2, 0) is 4.74 Å². The summed E-state index contributed by atoms with van der Waals surface area (Å²) in [7, 11) is 1.76. The second-order valence-electron chi connectivity index (χ2n) is 4.47. The summed E-state index contributed by atoms with van der Waals surface area (Å²) in [6.07, 6.45) is 2.38. The summed E-state index contributed by atoms with van der Waals surface area (Å²) in [5, 5.41) is 7.71. The first-order chi connectivity index (χ1) is 8.63. The van der Waals surface area contributed by atoms with Gasteiger partial charge in [-0.1, -0.05) is 6.07 Å². The third kappa shape index (κ3) is 2.67. The Labute approximate surface area is 116 Å². The van der Waals surface area contributed by atoms with Crippen LogP contribution in [0.2, 0.25) is 0 Å². The zero-order chi connectivity index (χ0) is 13.1. The van der Waals surface area contributed by atoms with Gasteiger partial charge < -0.3 is 15.4 Å². The highest BCUT2D eigenvalue weighted by atomic mass is 79.9. The van der Waals surface area contributed by atoms with Crippen molar-refractivity contribution in [1.29, 1.82) is 5.41 Å². The maximum atomic E-state index is 7.71. The minimum atomic E-state index is 0.103. The number of halogens is 1.